The fourth-order valence-corrected chi connectivity index (χ4v) is 1.94. The fourth-order valence-electron chi connectivity index (χ4n) is 1.94. The van der Waals surface area contributed by atoms with E-state index in [9.17, 15) is 4.79 Å². The van der Waals surface area contributed by atoms with Gasteiger partial charge >= 0.3 is 79.9 Å². The van der Waals surface area contributed by atoms with E-state index in [4.69, 9.17) is 0 Å². The second-order valence-corrected chi connectivity index (χ2v) is 3.40. The van der Waals surface area contributed by atoms with Crippen molar-refractivity contribution in [2.75, 3.05) is 0 Å². The Hall–Kier alpha value is -1.77. The summed E-state index contributed by atoms with van der Waals surface area (Å²) >= 11 is 0. The second-order valence-electron chi connectivity index (χ2n) is 3.40. The van der Waals surface area contributed by atoms with Gasteiger partial charge in [-0.15, -0.1) is 0 Å². The molecule has 0 saturated carbocycles. The average molecular weight is 179 g/mol. The molecule has 0 N–H and O–H groups in total. The van der Waals surface area contributed by atoms with Crippen LogP contribution in [0.15, 0.2) is 35.4 Å². The van der Waals surface area contributed by atoms with Crippen LogP contribution in [0.2, 0.25) is 0 Å². The molecule has 0 aliphatic rings. The second kappa shape index (κ2) is 2.38. The molecule has 3 aromatic rings. The van der Waals surface area contributed by atoms with Gasteiger partial charge in [-0.25, -0.2) is 0 Å². The first kappa shape index (κ1) is 7.62. The molecule has 0 atom stereocenters. The Bertz CT molecular complexity index is 664. The molecule has 0 bridgehead atoms. The third-order valence-electron chi connectivity index (χ3n) is 2.63. The molecule has 0 unspecified atom stereocenters. The molecular formula is C11H6BNO. The molecule has 64 valence electrons. The van der Waals surface area contributed by atoms with E-state index in [-0.39, 0.29) is 5.43 Å². The molecule has 0 aliphatic heterocycles. The van der Waals surface area contributed by atoms with Crippen LogP contribution in [0.3, 0.4) is 0 Å². The molecule has 0 radical (unpaired) electrons. The summed E-state index contributed by atoms with van der Waals surface area (Å²) in [6, 6.07) is 5.81. The molecule has 1 aromatic heterocycles. The van der Waals surface area contributed by atoms with E-state index in [0.29, 0.717) is 10.5 Å². The maximum absolute atomic E-state index is 11.7. The number of hydrogen-bond donors (Lipinski definition) is 0. The van der Waals surface area contributed by atoms with Crippen LogP contribution >= 0.6 is 0 Å². The van der Waals surface area contributed by atoms with E-state index in [2.05, 4.69) is 12.5 Å². The van der Waals surface area contributed by atoms with Crippen LogP contribution in [0.5, 0.6) is 0 Å². The van der Waals surface area contributed by atoms with Crippen LogP contribution in [0.25, 0.3) is 21.5 Å². The summed E-state index contributed by atoms with van der Waals surface area (Å²) in [7, 11) is 3.80. The molecular weight excluding hydrogens is 173 g/mol. The molecule has 0 aliphatic carbocycles. The Morgan fingerprint density at radius 3 is 2.86 bits per heavy atom. The Morgan fingerprint density at radius 1 is 1.14 bits per heavy atom. The van der Waals surface area contributed by atoms with Gasteiger partial charge in [0, 0.05) is 0 Å². The van der Waals surface area contributed by atoms with E-state index >= 15 is 0 Å². The Labute approximate surface area is 80.6 Å². The van der Waals surface area contributed by atoms with Crippen LogP contribution < -0.4 is 5.43 Å². The molecule has 0 fully saturated rings. The number of nitrogens with zero attached hydrogens (tertiary/aromatic N) is 1. The summed E-state index contributed by atoms with van der Waals surface area (Å²) in [5, 5.41) is 4.22. The van der Waals surface area contributed by atoms with Crippen molar-refractivity contribution in [3.63, 3.8) is 0 Å². The van der Waals surface area contributed by atoms with Gasteiger partial charge in [0.1, 0.15) is 0 Å². The molecule has 3 heteroatoms. The van der Waals surface area contributed by atoms with Gasteiger partial charge in [0.25, 0.3) is 0 Å². The number of rotatable bonds is 0. The third-order valence-corrected chi connectivity index (χ3v) is 2.63. The van der Waals surface area contributed by atoms with E-state index in [0.717, 1.165) is 16.2 Å². The van der Waals surface area contributed by atoms with Crippen LogP contribution in [0.1, 0.15) is 0 Å². The van der Waals surface area contributed by atoms with Crippen LogP contribution in [-0.2, 0) is 0 Å². The van der Waals surface area contributed by atoms with Crippen LogP contribution in [0, 0.1) is 5.11 Å². The molecule has 3 rings (SSSR count). The molecule has 2 nitrogen and oxygen atoms in total. The minimum absolute atomic E-state index is 0.00398. The summed E-state index contributed by atoms with van der Waals surface area (Å²) in [6.07, 6.45) is 3.39. The summed E-state index contributed by atoms with van der Waals surface area (Å²) in [5.74, 6) is 0. The topological polar surface area (TPSA) is 30.0 Å². The van der Waals surface area contributed by atoms with Crippen molar-refractivity contribution in [3.8, 4) is 0 Å². The maximum atomic E-state index is 11.7. The number of pyridine rings is 1. The van der Waals surface area contributed by atoms with Gasteiger partial charge in [0.2, 0.25) is 0 Å². The van der Waals surface area contributed by atoms with Crippen molar-refractivity contribution in [3.05, 3.63) is 45.9 Å². The normalized spacial score (nSPS) is 11.4. The molecule has 2 aromatic carbocycles. The molecule has 0 saturated heterocycles. The van der Waals surface area contributed by atoms with Gasteiger partial charge in [0.15, 0.2) is 0 Å². The van der Waals surface area contributed by atoms with Gasteiger partial charge in [0.05, 0.1) is 0 Å². The monoisotopic (exact) mass is 179 g/mol. The molecule has 1 heterocycles. The first-order valence-electron chi connectivity index (χ1n) is 4.40. The van der Waals surface area contributed by atoms with E-state index in [1.807, 2.05) is 18.2 Å². The van der Waals surface area contributed by atoms with Gasteiger partial charge < -0.3 is 0 Å². The molecule has 0 amide bonds. The van der Waals surface area contributed by atoms with Gasteiger partial charge in [-0.3, -0.25) is 0 Å². The Balaban J connectivity index is 2.91. The van der Waals surface area contributed by atoms with Crippen molar-refractivity contribution in [2.24, 2.45) is 0 Å². The van der Waals surface area contributed by atoms with Crippen molar-refractivity contribution in [1.29, 1.82) is 0 Å². The zero-order valence-corrected chi connectivity index (χ0v) is 7.45. The zero-order valence-electron chi connectivity index (χ0n) is 7.45. The van der Waals surface area contributed by atoms with E-state index < -0.39 is 0 Å². The SMILES string of the molecule is B=c1c(=O)c2cncc3cccc1c32. The third kappa shape index (κ3) is 0.745. The zero-order chi connectivity index (χ0) is 9.71. The summed E-state index contributed by atoms with van der Waals surface area (Å²) in [6.45, 7) is 0. The molecule has 14 heavy (non-hydrogen) atoms. The first-order valence-corrected chi connectivity index (χ1v) is 4.40. The van der Waals surface area contributed by atoms with Crippen molar-refractivity contribution in [1.82, 2.24) is 4.98 Å². The predicted molar refractivity (Wildman–Crippen MR) is 58.3 cm³/mol. The van der Waals surface area contributed by atoms with Crippen molar-refractivity contribution in [2.45, 2.75) is 0 Å². The van der Waals surface area contributed by atoms with Gasteiger partial charge in [-0.1, -0.05) is 0 Å². The summed E-state index contributed by atoms with van der Waals surface area (Å²) in [4.78, 5) is 15.8. The standard InChI is InChI=1S/C11H6BNO/c12-10-7-3-1-2-6-4-13-5-8(9(6)7)11(10)14/h1-5,12H. The first-order chi connectivity index (χ1) is 6.79. The van der Waals surface area contributed by atoms with Gasteiger partial charge in [-0.2, -0.15) is 0 Å². The van der Waals surface area contributed by atoms with Crippen LogP contribution in [0.4, 0.5) is 0 Å². The summed E-state index contributed by atoms with van der Waals surface area (Å²) < 4.78 is 0. The Kier molecular flexibility index (Phi) is 1.30. The average Bonchev–Trinajstić information content (AvgIpc) is 2.47. The molecule has 0 spiro atoms. The number of hydrogen-bond acceptors (Lipinski definition) is 2. The minimum atomic E-state index is 0.00398. The Morgan fingerprint density at radius 2 is 2.00 bits per heavy atom. The quantitative estimate of drug-likeness (QED) is 0.483. The summed E-state index contributed by atoms with van der Waals surface area (Å²) in [5.41, 5.74) is 0.00398. The predicted octanol–water partition coefficient (Wildman–Crippen LogP) is 1.06. The van der Waals surface area contributed by atoms with Crippen LogP contribution in [-0.4, -0.2) is 12.5 Å². The van der Waals surface area contributed by atoms with Gasteiger partial charge in [-0.05, 0) is 0 Å². The number of aromatic nitrogens is 1. The fraction of sp³-hybridized carbons (Fsp3) is 0. The van der Waals surface area contributed by atoms with Crippen molar-refractivity contribution >= 4 is 29.0 Å². The number of benzene rings is 1. The van der Waals surface area contributed by atoms with E-state index in [1.165, 1.54) is 0 Å². The van der Waals surface area contributed by atoms with E-state index in [1.54, 1.807) is 12.4 Å². The van der Waals surface area contributed by atoms with Crippen molar-refractivity contribution < 1.29 is 0 Å².